The van der Waals surface area contributed by atoms with Gasteiger partial charge in [0.15, 0.2) is 0 Å². The third kappa shape index (κ3) is 6.07. The average Bonchev–Trinajstić information content (AvgIpc) is 3.04. The summed E-state index contributed by atoms with van der Waals surface area (Å²) in [6.45, 7) is 0.411. The van der Waals surface area contributed by atoms with Crippen LogP contribution >= 0.6 is 11.6 Å². The number of alkyl halides is 12. The molecule has 7 nitrogen and oxygen atoms in total. The Morgan fingerprint density at radius 2 is 1.13 bits per heavy atom. The largest absolute Gasteiger partial charge is 0.496 e. The minimum Gasteiger partial charge on any atom is -0.496 e. The van der Waals surface area contributed by atoms with Crippen LogP contribution in [0.4, 0.5) is 52.7 Å². The highest BCUT2D eigenvalue weighted by atomic mass is 35.5. The number of halogens is 13. The van der Waals surface area contributed by atoms with E-state index in [4.69, 9.17) is 25.6 Å². The Morgan fingerprint density at radius 3 is 1.63 bits per heavy atom. The van der Waals surface area contributed by atoms with E-state index in [-0.39, 0.29) is 17.6 Å². The van der Waals surface area contributed by atoms with Crippen LogP contribution in [0, 0.1) is 6.92 Å². The van der Waals surface area contributed by atoms with Gasteiger partial charge in [0, 0.05) is 16.3 Å². The van der Waals surface area contributed by atoms with Crippen molar-refractivity contribution in [3.8, 4) is 17.2 Å². The molecule has 4 rings (SSSR count). The predicted octanol–water partition coefficient (Wildman–Crippen LogP) is 9.55. The summed E-state index contributed by atoms with van der Waals surface area (Å²) < 4.78 is 239. The van der Waals surface area contributed by atoms with E-state index >= 15 is 8.78 Å². The third-order valence-electron chi connectivity index (χ3n) is 7.60. The molecule has 0 bridgehead atoms. The fraction of sp³-hybridized carbons (Fsp3) is 0.267. The lowest BCUT2D eigenvalue weighted by molar-refractivity contribution is -0.419. The molecule has 284 valence electrons. The minimum absolute atomic E-state index is 0.0179. The summed E-state index contributed by atoms with van der Waals surface area (Å²) in [6.07, 6.45) is 0. The van der Waals surface area contributed by atoms with Crippen LogP contribution in [0.3, 0.4) is 0 Å². The fourth-order valence-electron chi connectivity index (χ4n) is 4.75. The first-order valence-corrected chi connectivity index (χ1v) is 17.0. The zero-order chi connectivity index (χ0) is 39.7. The number of hydrogen-bond donors (Lipinski definition) is 1. The van der Waals surface area contributed by atoms with Crippen molar-refractivity contribution in [3.05, 3.63) is 88.9 Å². The molecule has 0 aliphatic rings. The van der Waals surface area contributed by atoms with Gasteiger partial charge in [-0.3, -0.25) is 4.55 Å². The molecule has 1 N–H and O–H groups in total. The maximum Gasteiger partial charge on any atom is 0.438 e. The van der Waals surface area contributed by atoms with Crippen molar-refractivity contribution in [2.45, 2.75) is 51.6 Å². The monoisotopic (exact) mass is 818 g/mol. The molecule has 22 heteroatoms. The molecule has 52 heavy (non-hydrogen) atoms. The molecule has 0 amide bonds. The number of benzene rings is 4. The van der Waals surface area contributed by atoms with Gasteiger partial charge in [-0.25, -0.2) is 8.42 Å². The molecule has 0 saturated carbocycles. The number of methoxy groups -OCH3 is 1. The van der Waals surface area contributed by atoms with Gasteiger partial charge in [-0.1, -0.05) is 35.9 Å². The highest BCUT2D eigenvalue weighted by Gasteiger charge is 2.92. The second-order valence-electron chi connectivity index (χ2n) is 10.8. The minimum atomic E-state index is -8.33. The summed E-state index contributed by atoms with van der Waals surface area (Å²) >= 11 is 5.86. The Labute approximate surface area is 290 Å². The topological polar surface area (TPSA) is 107 Å². The maximum atomic E-state index is 15.2. The van der Waals surface area contributed by atoms with Crippen molar-refractivity contribution >= 4 is 42.3 Å². The Bertz CT molecular complexity index is 2250. The lowest BCUT2D eigenvalue weighted by Crippen LogP contribution is -2.71. The number of sulfone groups is 1. The van der Waals surface area contributed by atoms with Gasteiger partial charge in [0.25, 0.3) is 0 Å². The molecule has 0 spiro atoms. The molecule has 0 aromatic heterocycles. The molecule has 0 aliphatic carbocycles. The van der Waals surface area contributed by atoms with Crippen molar-refractivity contribution in [1.82, 2.24) is 0 Å². The number of fused-ring (bicyclic) bond motifs is 1. The fourth-order valence-corrected chi connectivity index (χ4v) is 7.07. The quantitative estimate of drug-likeness (QED) is 0.112. The molecular weight excluding hydrogens is 800 g/mol. The molecule has 0 unspecified atom stereocenters. The van der Waals surface area contributed by atoms with Crippen LogP contribution in [0.25, 0.3) is 10.8 Å². The summed E-state index contributed by atoms with van der Waals surface area (Å²) in [4.78, 5) is -2.33. The smallest absolute Gasteiger partial charge is 0.438 e. The van der Waals surface area contributed by atoms with E-state index in [2.05, 4.69) is 0 Å². The maximum absolute atomic E-state index is 15.2. The van der Waals surface area contributed by atoms with Gasteiger partial charge in [-0.2, -0.15) is 61.1 Å². The van der Waals surface area contributed by atoms with E-state index in [9.17, 15) is 60.7 Å². The number of rotatable bonds is 12. The van der Waals surface area contributed by atoms with Crippen molar-refractivity contribution < 1.29 is 83.5 Å². The summed E-state index contributed by atoms with van der Waals surface area (Å²) in [5.74, 6) is -38.6. The summed E-state index contributed by atoms with van der Waals surface area (Å²) in [6, 6.07) is 13.3. The molecule has 0 saturated heterocycles. The highest BCUT2D eigenvalue weighted by Crippen LogP contribution is 2.63. The van der Waals surface area contributed by atoms with Crippen LogP contribution in [0.2, 0.25) is 5.02 Å². The first-order chi connectivity index (χ1) is 23.5. The van der Waals surface area contributed by atoms with E-state index in [1.165, 1.54) is 13.2 Å². The summed E-state index contributed by atoms with van der Waals surface area (Å²) in [5, 5.41) is -7.45. The van der Waals surface area contributed by atoms with Gasteiger partial charge in [0.1, 0.15) is 17.2 Å². The molecule has 4 aromatic carbocycles. The van der Waals surface area contributed by atoms with Crippen molar-refractivity contribution in [2.24, 2.45) is 0 Å². The van der Waals surface area contributed by atoms with Gasteiger partial charge >= 0.3 is 45.0 Å². The number of aryl methyl sites for hydroxylation is 1. The number of ether oxygens (including phenoxy) is 2. The zero-order valence-electron chi connectivity index (χ0n) is 25.6. The van der Waals surface area contributed by atoms with Crippen molar-refractivity contribution in [2.75, 3.05) is 7.11 Å². The SMILES string of the molecule is COc1ccc(Oc2ccc(S(=O)(=O)c3cc(C(F)(F)C(F)(F)C(F)(F)C(F)(F)C(F)(F)C(F)(F)S(=O)(=O)O)c(C)cc3Cl)cc2)c2ccccc12. The van der Waals surface area contributed by atoms with E-state index in [0.717, 1.165) is 24.3 Å². The second kappa shape index (κ2) is 12.9. The molecule has 0 atom stereocenters. The highest BCUT2D eigenvalue weighted by molar-refractivity contribution is 7.91. The van der Waals surface area contributed by atoms with Crippen LogP contribution in [0.5, 0.6) is 17.2 Å². The second-order valence-corrected chi connectivity index (χ2v) is 14.6. The Kier molecular flexibility index (Phi) is 10.1. The Hall–Kier alpha value is -3.95. The van der Waals surface area contributed by atoms with Crippen LogP contribution in [-0.2, 0) is 25.9 Å². The van der Waals surface area contributed by atoms with Crippen LogP contribution < -0.4 is 9.47 Å². The van der Waals surface area contributed by atoms with E-state index < -0.39 is 86.8 Å². The first kappa shape index (κ1) is 40.8. The van der Waals surface area contributed by atoms with Crippen LogP contribution in [-0.4, -0.2) is 57.4 Å². The third-order valence-corrected chi connectivity index (χ3v) is 10.7. The van der Waals surface area contributed by atoms with Gasteiger partial charge < -0.3 is 9.47 Å². The van der Waals surface area contributed by atoms with Gasteiger partial charge in [0.2, 0.25) is 9.84 Å². The van der Waals surface area contributed by atoms with Crippen molar-refractivity contribution in [1.29, 1.82) is 0 Å². The van der Waals surface area contributed by atoms with E-state index in [1.54, 1.807) is 30.3 Å². The predicted molar refractivity (Wildman–Crippen MR) is 159 cm³/mol. The van der Waals surface area contributed by atoms with Crippen LogP contribution in [0.1, 0.15) is 11.1 Å². The lowest BCUT2D eigenvalue weighted by Gasteiger charge is -2.40. The molecule has 4 aromatic rings. The van der Waals surface area contributed by atoms with E-state index in [0.29, 0.717) is 23.4 Å². The Morgan fingerprint density at radius 1 is 0.654 bits per heavy atom. The lowest BCUT2D eigenvalue weighted by atomic mass is 9.89. The molecule has 0 fully saturated rings. The zero-order valence-corrected chi connectivity index (χ0v) is 27.9. The Balaban J connectivity index is 1.75. The average molecular weight is 819 g/mol. The van der Waals surface area contributed by atoms with Gasteiger partial charge in [0.05, 0.1) is 21.9 Å². The van der Waals surface area contributed by atoms with Crippen molar-refractivity contribution in [3.63, 3.8) is 0 Å². The summed E-state index contributed by atoms with van der Waals surface area (Å²) in [5.41, 5.74) is -3.83. The molecular formula is C30H19ClF12O7S2. The normalized spacial score (nSPS) is 14.1. The summed E-state index contributed by atoms with van der Waals surface area (Å²) in [7, 11) is -11.5. The standard InChI is InChI=1S/C30H19ClF12O7S2/c1-15-13-21(31)24(14-20(15)25(32,33)26(34,35)27(36,37)28(38,39)29(40,41)30(42,43)52(46,47)48)51(44,45)17-9-7-16(8-10-17)50-23-12-11-22(49-2)18-5-3-4-6-19(18)23/h3-14H,1-2H3,(H,46,47,48). The van der Waals surface area contributed by atoms with Gasteiger partial charge in [-0.05, 0) is 61.0 Å². The molecule has 0 aliphatic heterocycles. The number of hydrogen-bond acceptors (Lipinski definition) is 6. The van der Waals surface area contributed by atoms with E-state index in [1.807, 2.05) is 0 Å². The van der Waals surface area contributed by atoms with Crippen LogP contribution in [0.15, 0.2) is 82.6 Å². The first-order valence-electron chi connectivity index (χ1n) is 13.7. The molecule has 0 radical (unpaired) electrons. The van der Waals surface area contributed by atoms with Gasteiger partial charge in [-0.15, -0.1) is 0 Å². The molecule has 0 heterocycles.